The van der Waals surface area contributed by atoms with Gasteiger partial charge in [-0.15, -0.1) is 5.10 Å². The average Bonchev–Trinajstić information content (AvgIpc) is 2.65. The highest BCUT2D eigenvalue weighted by molar-refractivity contribution is 7.99. The molecule has 0 unspecified atom stereocenters. The Morgan fingerprint density at radius 1 is 1.44 bits per heavy atom. The Balaban J connectivity index is 2.14. The maximum atomic E-state index is 9.31. The molecule has 16 heavy (non-hydrogen) atoms. The molecule has 0 aromatic carbocycles. The zero-order valence-corrected chi connectivity index (χ0v) is 9.72. The number of aliphatic hydroxyl groups is 1. The van der Waals surface area contributed by atoms with Crippen LogP contribution < -0.4 is 0 Å². The summed E-state index contributed by atoms with van der Waals surface area (Å²) < 4.78 is 1.59. The summed E-state index contributed by atoms with van der Waals surface area (Å²) >= 11 is 1.42. The van der Waals surface area contributed by atoms with E-state index in [0.29, 0.717) is 10.9 Å². The molecule has 0 saturated carbocycles. The van der Waals surface area contributed by atoms with E-state index in [1.165, 1.54) is 11.8 Å². The van der Waals surface area contributed by atoms with Crippen LogP contribution in [0.1, 0.15) is 18.7 Å². The van der Waals surface area contributed by atoms with Gasteiger partial charge in [0.05, 0.1) is 11.8 Å². The van der Waals surface area contributed by atoms with E-state index < -0.39 is 6.10 Å². The van der Waals surface area contributed by atoms with E-state index in [2.05, 4.69) is 20.5 Å². The summed E-state index contributed by atoms with van der Waals surface area (Å²) in [5.74, 6) is 0. The van der Waals surface area contributed by atoms with Gasteiger partial charge in [-0.2, -0.15) is 0 Å². The van der Waals surface area contributed by atoms with Gasteiger partial charge in [0.25, 0.3) is 0 Å². The Labute approximate surface area is 96.7 Å². The van der Waals surface area contributed by atoms with Crippen LogP contribution in [-0.2, 0) is 7.05 Å². The van der Waals surface area contributed by atoms with Crippen molar-refractivity contribution < 1.29 is 5.11 Å². The molecule has 1 N–H and O–H groups in total. The van der Waals surface area contributed by atoms with Gasteiger partial charge in [0, 0.05) is 18.1 Å². The molecule has 0 saturated heterocycles. The number of aliphatic hydroxyl groups excluding tert-OH is 1. The van der Waals surface area contributed by atoms with Crippen LogP contribution >= 0.6 is 11.8 Å². The molecule has 2 aromatic heterocycles. The number of aryl methyl sites for hydroxylation is 1. The van der Waals surface area contributed by atoms with Gasteiger partial charge in [-0.3, -0.25) is 4.98 Å². The summed E-state index contributed by atoms with van der Waals surface area (Å²) in [6, 6.07) is 3.67. The van der Waals surface area contributed by atoms with Crippen molar-refractivity contribution in [1.82, 2.24) is 25.2 Å². The van der Waals surface area contributed by atoms with E-state index in [4.69, 9.17) is 0 Å². The first-order chi connectivity index (χ1) is 7.66. The number of pyridine rings is 1. The maximum Gasteiger partial charge on any atom is 0.213 e. The topological polar surface area (TPSA) is 76.7 Å². The predicted octanol–water partition coefficient (Wildman–Crippen LogP) is 0.810. The van der Waals surface area contributed by atoms with Crippen LogP contribution in [0.2, 0.25) is 0 Å². The summed E-state index contributed by atoms with van der Waals surface area (Å²) in [6.45, 7) is 1.68. The Bertz CT molecular complexity index is 467. The van der Waals surface area contributed by atoms with E-state index >= 15 is 0 Å². The number of hydrogen-bond donors (Lipinski definition) is 1. The van der Waals surface area contributed by atoms with Crippen LogP contribution in [0.25, 0.3) is 0 Å². The molecular weight excluding hydrogens is 226 g/mol. The van der Waals surface area contributed by atoms with Crippen molar-refractivity contribution in [2.24, 2.45) is 7.05 Å². The van der Waals surface area contributed by atoms with Crippen molar-refractivity contribution in [2.75, 3.05) is 0 Å². The summed E-state index contributed by atoms with van der Waals surface area (Å²) in [6.07, 6.45) is 1.15. The summed E-state index contributed by atoms with van der Waals surface area (Å²) in [7, 11) is 1.78. The van der Waals surface area contributed by atoms with E-state index in [0.717, 1.165) is 4.90 Å². The van der Waals surface area contributed by atoms with Crippen LogP contribution in [0.4, 0.5) is 0 Å². The average molecular weight is 237 g/mol. The zero-order chi connectivity index (χ0) is 11.5. The van der Waals surface area contributed by atoms with Crippen LogP contribution in [0.15, 0.2) is 28.4 Å². The Hall–Kier alpha value is -1.47. The second-order valence-electron chi connectivity index (χ2n) is 3.28. The fourth-order valence-electron chi connectivity index (χ4n) is 1.11. The Morgan fingerprint density at radius 2 is 2.25 bits per heavy atom. The van der Waals surface area contributed by atoms with Crippen molar-refractivity contribution in [2.45, 2.75) is 23.1 Å². The first-order valence-electron chi connectivity index (χ1n) is 4.71. The second-order valence-corrected chi connectivity index (χ2v) is 4.32. The zero-order valence-electron chi connectivity index (χ0n) is 8.90. The van der Waals surface area contributed by atoms with Gasteiger partial charge in [0.2, 0.25) is 5.16 Å². The second kappa shape index (κ2) is 4.58. The van der Waals surface area contributed by atoms with E-state index in [9.17, 15) is 5.11 Å². The standard InChI is InChI=1S/C9H11N5OS/c1-6(15)8-4-3-7(5-10-8)16-9-11-12-13-14(9)2/h3-6,15H,1-2H3/t6-/m0/s1. The minimum atomic E-state index is -0.546. The van der Waals surface area contributed by atoms with Gasteiger partial charge in [0.15, 0.2) is 0 Å². The lowest BCUT2D eigenvalue weighted by Crippen LogP contribution is -1.95. The smallest absolute Gasteiger partial charge is 0.213 e. The van der Waals surface area contributed by atoms with Crippen molar-refractivity contribution in [3.05, 3.63) is 24.0 Å². The third-order valence-corrected chi connectivity index (χ3v) is 2.98. The molecule has 0 amide bonds. The normalized spacial score (nSPS) is 12.7. The van der Waals surface area contributed by atoms with Crippen molar-refractivity contribution in [3.8, 4) is 0 Å². The minimum absolute atomic E-state index is 0.546. The molecule has 7 heteroatoms. The first-order valence-corrected chi connectivity index (χ1v) is 5.52. The van der Waals surface area contributed by atoms with Crippen molar-refractivity contribution >= 4 is 11.8 Å². The monoisotopic (exact) mass is 237 g/mol. The third kappa shape index (κ3) is 2.37. The minimum Gasteiger partial charge on any atom is -0.387 e. The third-order valence-electron chi connectivity index (χ3n) is 1.98. The number of tetrazole rings is 1. The van der Waals surface area contributed by atoms with Crippen LogP contribution in [-0.4, -0.2) is 30.3 Å². The Morgan fingerprint density at radius 3 is 2.75 bits per heavy atom. The molecule has 2 heterocycles. The number of nitrogens with zero attached hydrogens (tertiary/aromatic N) is 5. The van der Waals surface area contributed by atoms with Gasteiger partial charge in [-0.05, 0) is 41.2 Å². The number of hydrogen-bond acceptors (Lipinski definition) is 6. The number of rotatable bonds is 3. The Kier molecular flexibility index (Phi) is 3.16. The molecule has 0 aliphatic rings. The molecule has 0 aliphatic carbocycles. The lowest BCUT2D eigenvalue weighted by Gasteiger charge is -2.04. The molecule has 0 fully saturated rings. The summed E-state index contributed by atoms with van der Waals surface area (Å²) in [4.78, 5) is 5.07. The van der Waals surface area contributed by atoms with Crippen LogP contribution in [0.5, 0.6) is 0 Å². The molecule has 2 aromatic rings. The highest BCUT2D eigenvalue weighted by Gasteiger charge is 2.06. The fourth-order valence-corrected chi connectivity index (χ4v) is 1.81. The van der Waals surface area contributed by atoms with Gasteiger partial charge in [0.1, 0.15) is 0 Å². The van der Waals surface area contributed by atoms with E-state index in [1.54, 1.807) is 30.9 Å². The van der Waals surface area contributed by atoms with E-state index in [1.807, 2.05) is 6.07 Å². The highest BCUT2D eigenvalue weighted by atomic mass is 32.2. The van der Waals surface area contributed by atoms with Crippen LogP contribution in [0.3, 0.4) is 0 Å². The number of aromatic nitrogens is 5. The lowest BCUT2D eigenvalue weighted by atomic mass is 10.2. The molecular formula is C9H11N5OS. The lowest BCUT2D eigenvalue weighted by molar-refractivity contribution is 0.194. The first kappa shape index (κ1) is 11.0. The molecule has 1 atom stereocenters. The van der Waals surface area contributed by atoms with Gasteiger partial charge in [-0.1, -0.05) is 0 Å². The van der Waals surface area contributed by atoms with Crippen LogP contribution in [0, 0.1) is 0 Å². The molecule has 2 rings (SSSR count). The fraction of sp³-hybridized carbons (Fsp3) is 0.333. The summed E-state index contributed by atoms with van der Waals surface area (Å²) in [5.41, 5.74) is 0.653. The van der Waals surface area contributed by atoms with Crippen molar-refractivity contribution in [3.63, 3.8) is 0 Å². The molecule has 0 radical (unpaired) electrons. The maximum absolute atomic E-state index is 9.31. The highest BCUT2D eigenvalue weighted by Crippen LogP contribution is 2.24. The molecule has 0 aliphatic heterocycles. The predicted molar refractivity (Wildman–Crippen MR) is 57.8 cm³/mol. The van der Waals surface area contributed by atoms with Gasteiger partial charge in [-0.25, -0.2) is 4.68 Å². The van der Waals surface area contributed by atoms with Gasteiger partial charge >= 0.3 is 0 Å². The largest absolute Gasteiger partial charge is 0.387 e. The molecule has 0 spiro atoms. The molecule has 84 valence electrons. The molecule has 6 nitrogen and oxygen atoms in total. The van der Waals surface area contributed by atoms with Gasteiger partial charge < -0.3 is 5.11 Å². The van der Waals surface area contributed by atoms with E-state index in [-0.39, 0.29) is 0 Å². The summed E-state index contributed by atoms with van der Waals surface area (Å²) in [5, 5.41) is 21.1. The SMILES string of the molecule is C[C@H](O)c1ccc(Sc2nnnn2C)cn1. The van der Waals surface area contributed by atoms with Crippen molar-refractivity contribution in [1.29, 1.82) is 0 Å². The quantitative estimate of drug-likeness (QED) is 0.851. The molecule has 0 bridgehead atoms.